The molecule has 0 fully saturated rings. The van der Waals surface area contributed by atoms with Crippen molar-refractivity contribution in [2.24, 2.45) is 7.05 Å². The van der Waals surface area contributed by atoms with Gasteiger partial charge in [-0.15, -0.1) is 0 Å². The summed E-state index contributed by atoms with van der Waals surface area (Å²) in [6.45, 7) is 4.68. The molecule has 2 aromatic heterocycles. The van der Waals surface area contributed by atoms with Crippen molar-refractivity contribution in [3.63, 3.8) is 0 Å². The predicted molar refractivity (Wildman–Crippen MR) is 139 cm³/mol. The van der Waals surface area contributed by atoms with Crippen molar-refractivity contribution in [1.29, 1.82) is 0 Å². The topological polar surface area (TPSA) is 89.4 Å². The highest BCUT2D eigenvalue weighted by molar-refractivity contribution is 6.01. The van der Waals surface area contributed by atoms with E-state index in [1.807, 2.05) is 0 Å². The van der Waals surface area contributed by atoms with E-state index in [-0.39, 0.29) is 29.0 Å². The second kappa shape index (κ2) is 9.11. The van der Waals surface area contributed by atoms with Crippen LogP contribution in [0.2, 0.25) is 0 Å². The Bertz CT molecular complexity index is 1640. The number of halogens is 3. The van der Waals surface area contributed by atoms with E-state index in [0.717, 1.165) is 6.07 Å². The van der Waals surface area contributed by atoms with Gasteiger partial charge in [-0.2, -0.15) is 13.2 Å². The Morgan fingerprint density at radius 1 is 1.08 bits per heavy atom. The Morgan fingerprint density at radius 3 is 2.49 bits per heavy atom. The van der Waals surface area contributed by atoms with E-state index in [4.69, 9.17) is 4.74 Å². The normalized spacial score (nSPS) is 14.6. The first-order chi connectivity index (χ1) is 18.3. The molecule has 2 aromatic carbocycles. The number of alkyl halides is 3. The predicted octanol–water partition coefficient (Wildman–Crippen LogP) is 5.98. The Hall–Kier alpha value is -4.41. The van der Waals surface area contributed by atoms with Crippen LogP contribution in [-0.4, -0.2) is 38.2 Å². The number of nitrogens with one attached hydrogen (secondary N) is 1. The first-order valence-corrected chi connectivity index (χ1v) is 12.2. The van der Waals surface area contributed by atoms with E-state index in [0.29, 0.717) is 34.2 Å². The number of nitrogens with zero attached hydrogens (tertiary/aromatic N) is 4. The molecule has 202 valence electrons. The molecule has 5 rings (SSSR count). The summed E-state index contributed by atoms with van der Waals surface area (Å²) in [5.74, 6) is 0.822. The van der Waals surface area contributed by atoms with Gasteiger partial charge in [0.05, 0.1) is 27.8 Å². The van der Waals surface area contributed by atoms with Gasteiger partial charge in [0.2, 0.25) is 5.95 Å². The summed E-state index contributed by atoms with van der Waals surface area (Å²) in [5.41, 5.74) is -0.0416. The molecule has 4 aromatic rings. The van der Waals surface area contributed by atoms with Gasteiger partial charge in [0.1, 0.15) is 17.3 Å². The number of pyridine rings is 1. The molecule has 0 saturated heterocycles. The lowest BCUT2D eigenvalue weighted by molar-refractivity contribution is -0.139. The summed E-state index contributed by atoms with van der Waals surface area (Å²) < 4.78 is 50.0. The maximum Gasteiger partial charge on any atom is 0.416 e. The SMILES string of the molecule is CC(=O)Cc1cc(Oc2ccc3nc(Nc4cc5c(c(C(F)(F)F)c4)C(C)(C)N(C)C5=O)n(C)c3c2)ccn1. The smallest absolute Gasteiger partial charge is 0.416 e. The zero-order valence-corrected chi connectivity index (χ0v) is 22.0. The van der Waals surface area contributed by atoms with Crippen molar-refractivity contribution in [3.05, 3.63) is 71.0 Å². The molecule has 0 spiro atoms. The average molecular weight is 538 g/mol. The van der Waals surface area contributed by atoms with Gasteiger partial charge in [-0.3, -0.25) is 14.6 Å². The standard InChI is InChI=1S/C28H26F3N5O3/c1-15(37)10-16-11-19(8-9-32-16)39-18-6-7-22-23(14-18)35(4)26(34-22)33-17-12-20-24(21(13-17)28(29,30)31)27(2,3)36(5)25(20)38/h6-9,11-14H,10H2,1-5H3,(H,33,34). The lowest BCUT2D eigenvalue weighted by Crippen LogP contribution is -2.36. The van der Waals surface area contributed by atoms with Crippen LogP contribution >= 0.6 is 0 Å². The monoisotopic (exact) mass is 537 g/mol. The molecular weight excluding hydrogens is 511 g/mol. The molecule has 11 heteroatoms. The van der Waals surface area contributed by atoms with Crippen LogP contribution < -0.4 is 10.1 Å². The molecule has 1 amide bonds. The number of hydrogen-bond acceptors (Lipinski definition) is 6. The van der Waals surface area contributed by atoms with E-state index >= 15 is 0 Å². The first-order valence-electron chi connectivity index (χ1n) is 12.2. The third-order valence-electron chi connectivity index (χ3n) is 6.99. The maximum atomic E-state index is 14.1. The van der Waals surface area contributed by atoms with Crippen molar-refractivity contribution < 1.29 is 27.5 Å². The number of imidazole rings is 1. The molecule has 0 bridgehead atoms. The van der Waals surface area contributed by atoms with Crippen LogP contribution in [0.4, 0.5) is 24.8 Å². The van der Waals surface area contributed by atoms with Gasteiger partial charge in [-0.05, 0) is 51.1 Å². The van der Waals surface area contributed by atoms with Gasteiger partial charge >= 0.3 is 6.18 Å². The summed E-state index contributed by atoms with van der Waals surface area (Å²) in [7, 11) is 3.22. The number of carbonyl (C=O) groups is 2. The number of hydrogen-bond donors (Lipinski definition) is 1. The van der Waals surface area contributed by atoms with Gasteiger partial charge in [-0.1, -0.05) is 0 Å². The molecule has 8 nitrogen and oxygen atoms in total. The largest absolute Gasteiger partial charge is 0.457 e. The number of carbonyl (C=O) groups excluding carboxylic acids is 2. The highest BCUT2D eigenvalue weighted by atomic mass is 19.4. The van der Waals surface area contributed by atoms with Gasteiger partial charge < -0.3 is 19.5 Å². The molecule has 0 radical (unpaired) electrons. The number of amides is 1. The van der Waals surface area contributed by atoms with Crippen LogP contribution in [0.5, 0.6) is 11.5 Å². The van der Waals surface area contributed by atoms with Crippen LogP contribution in [-0.2, 0) is 30.0 Å². The number of fused-ring (bicyclic) bond motifs is 2. The van der Waals surface area contributed by atoms with Crippen molar-refractivity contribution in [3.8, 4) is 11.5 Å². The van der Waals surface area contributed by atoms with Crippen LogP contribution in [0.3, 0.4) is 0 Å². The van der Waals surface area contributed by atoms with Crippen LogP contribution in [0.25, 0.3) is 11.0 Å². The number of anilines is 2. The number of benzene rings is 2. The number of Topliss-reactive ketones (excluding diaryl/α,β-unsaturated/α-hetero) is 1. The van der Waals surface area contributed by atoms with Crippen LogP contribution in [0, 0.1) is 0 Å². The number of rotatable bonds is 6. The third kappa shape index (κ3) is 4.68. The molecule has 39 heavy (non-hydrogen) atoms. The molecule has 0 aliphatic carbocycles. The van der Waals surface area contributed by atoms with Crippen molar-refractivity contribution in [2.75, 3.05) is 12.4 Å². The average Bonchev–Trinajstić information content (AvgIpc) is 3.24. The minimum Gasteiger partial charge on any atom is -0.457 e. The van der Waals surface area contributed by atoms with Gasteiger partial charge in [0.25, 0.3) is 5.91 Å². The fraction of sp³-hybridized carbons (Fsp3) is 0.286. The number of ether oxygens (including phenoxy) is 1. The first kappa shape index (κ1) is 26.2. The minimum atomic E-state index is -4.65. The van der Waals surface area contributed by atoms with E-state index in [9.17, 15) is 22.8 Å². The summed E-state index contributed by atoms with van der Waals surface area (Å²) >= 11 is 0. The van der Waals surface area contributed by atoms with Gasteiger partial charge in [-0.25, -0.2) is 4.98 Å². The maximum absolute atomic E-state index is 14.1. The Balaban J connectivity index is 1.48. The van der Waals surface area contributed by atoms with Crippen LogP contribution in [0.1, 0.15) is 48.0 Å². The molecule has 1 N–H and O–H groups in total. The highest BCUT2D eigenvalue weighted by Crippen LogP contribution is 2.46. The molecule has 0 saturated carbocycles. The summed E-state index contributed by atoms with van der Waals surface area (Å²) in [6.07, 6.45) is -2.89. The fourth-order valence-electron chi connectivity index (χ4n) is 4.85. The quantitative estimate of drug-likeness (QED) is 0.326. The van der Waals surface area contributed by atoms with Crippen molar-refractivity contribution >= 4 is 34.4 Å². The highest BCUT2D eigenvalue weighted by Gasteiger charge is 2.48. The molecule has 0 unspecified atom stereocenters. The summed E-state index contributed by atoms with van der Waals surface area (Å²) in [5, 5.41) is 2.96. The Kier molecular flexibility index (Phi) is 6.12. The van der Waals surface area contributed by atoms with E-state index < -0.39 is 23.2 Å². The molecule has 1 aliphatic heterocycles. The third-order valence-corrected chi connectivity index (χ3v) is 6.99. The molecule has 1 aliphatic rings. The van der Waals surface area contributed by atoms with Crippen LogP contribution in [0.15, 0.2) is 48.7 Å². The zero-order valence-electron chi connectivity index (χ0n) is 22.0. The Morgan fingerprint density at radius 2 is 1.79 bits per heavy atom. The molecule has 0 atom stereocenters. The molecular formula is C28H26F3N5O3. The number of aryl methyl sites for hydroxylation is 1. The minimum absolute atomic E-state index is 0.00997. The fourth-order valence-corrected chi connectivity index (χ4v) is 4.85. The van der Waals surface area contributed by atoms with Crippen molar-refractivity contribution in [2.45, 2.75) is 38.9 Å². The van der Waals surface area contributed by atoms with E-state index in [1.54, 1.807) is 62.0 Å². The second-order valence-electron chi connectivity index (χ2n) is 10.1. The van der Waals surface area contributed by atoms with E-state index in [1.165, 1.54) is 24.9 Å². The summed E-state index contributed by atoms with van der Waals surface area (Å²) in [4.78, 5) is 34.3. The number of ketones is 1. The number of aromatic nitrogens is 3. The lowest BCUT2D eigenvalue weighted by atomic mass is 9.88. The zero-order chi connectivity index (χ0) is 28.3. The summed E-state index contributed by atoms with van der Waals surface area (Å²) in [6, 6.07) is 11.0. The van der Waals surface area contributed by atoms with E-state index in [2.05, 4.69) is 15.3 Å². The Labute approximate surface area is 222 Å². The second-order valence-corrected chi connectivity index (χ2v) is 10.1. The lowest BCUT2D eigenvalue weighted by Gasteiger charge is -2.30. The molecule has 3 heterocycles. The van der Waals surface area contributed by atoms with Crippen molar-refractivity contribution in [1.82, 2.24) is 19.4 Å². The van der Waals surface area contributed by atoms with Gasteiger partial charge in [0.15, 0.2) is 0 Å². The van der Waals surface area contributed by atoms with Gasteiger partial charge in [0, 0.05) is 55.7 Å².